The Balaban J connectivity index is 1.75. The minimum absolute atomic E-state index is 0.0556. The summed E-state index contributed by atoms with van der Waals surface area (Å²) >= 11 is 0. The monoisotopic (exact) mass is 312 g/mol. The largest absolute Gasteiger partial charge is 0.476 e. The summed E-state index contributed by atoms with van der Waals surface area (Å²) in [5.74, 6) is 0.298. The number of hydrogen-bond acceptors (Lipinski definition) is 7. The molecule has 2 heterocycles. The highest BCUT2D eigenvalue weighted by molar-refractivity contribution is 5.51. The maximum atomic E-state index is 11.0. The summed E-state index contributed by atoms with van der Waals surface area (Å²) in [6, 6.07) is 12.4. The molecule has 8 heteroatoms. The van der Waals surface area contributed by atoms with Gasteiger partial charge in [-0.15, -0.1) is 10.2 Å². The first-order valence-corrected chi connectivity index (χ1v) is 6.76. The quantitative estimate of drug-likeness (QED) is 0.527. The number of benzene rings is 1. The molecule has 1 aromatic carbocycles. The SMILES string of the molecule is Cc1ccc(OCc2nnc(-c3ccccc3)o2)c([N+](=O)[O-])n1. The third-order valence-corrected chi connectivity index (χ3v) is 2.99. The van der Waals surface area contributed by atoms with Crippen LogP contribution in [0.5, 0.6) is 5.75 Å². The van der Waals surface area contributed by atoms with Crippen LogP contribution in [0.1, 0.15) is 11.6 Å². The molecule has 23 heavy (non-hydrogen) atoms. The van der Waals surface area contributed by atoms with E-state index in [-0.39, 0.29) is 24.1 Å². The fraction of sp³-hybridized carbons (Fsp3) is 0.133. The standard InChI is InChI=1S/C15H12N4O4/c1-10-7-8-12(14(16-10)19(20)21)22-9-13-17-18-15(23-13)11-5-3-2-4-6-11/h2-8H,9H2,1H3. The molecule has 0 spiro atoms. The number of nitro groups is 1. The smallest absolute Gasteiger partial charge is 0.406 e. The molecule has 8 nitrogen and oxygen atoms in total. The zero-order chi connectivity index (χ0) is 16.2. The minimum atomic E-state index is -0.592. The van der Waals surface area contributed by atoms with E-state index in [0.717, 1.165) is 5.56 Å². The molecule has 0 saturated heterocycles. The van der Waals surface area contributed by atoms with Crippen LogP contribution in [0.4, 0.5) is 5.82 Å². The van der Waals surface area contributed by atoms with Crippen molar-refractivity contribution in [2.24, 2.45) is 0 Å². The summed E-state index contributed by atoms with van der Waals surface area (Å²) in [5, 5.41) is 18.8. The van der Waals surface area contributed by atoms with Crippen LogP contribution in [0.15, 0.2) is 46.9 Å². The van der Waals surface area contributed by atoms with Crippen LogP contribution >= 0.6 is 0 Å². The number of ether oxygens (including phenoxy) is 1. The van der Waals surface area contributed by atoms with Gasteiger partial charge in [-0.3, -0.25) is 0 Å². The Morgan fingerprint density at radius 3 is 2.70 bits per heavy atom. The predicted molar refractivity (Wildman–Crippen MR) is 79.7 cm³/mol. The van der Waals surface area contributed by atoms with Crippen LogP contribution in [0.2, 0.25) is 0 Å². The van der Waals surface area contributed by atoms with E-state index in [1.165, 1.54) is 6.07 Å². The molecule has 0 saturated carbocycles. The van der Waals surface area contributed by atoms with Crippen molar-refractivity contribution in [2.45, 2.75) is 13.5 Å². The molecule has 0 aliphatic heterocycles. The van der Waals surface area contributed by atoms with Crippen LogP contribution in [-0.2, 0) is 6.61 Å². The first-order valence-electron chi connectivity index (χ1n) is 6.76. The maximum Gasteiger partial charge on any atom is 0.406 e. The summed E-state index contributed by atoms with van der Waals surface area (Å²) in [6.45, 7) is 1.59. The average Bonchev–Trinajstić information content (AvgIpc) is 3.03. The molecule has 0 N–H and O–H groups in total. The van der Waals surface area contributed by atoms with Gasteiger partial charge >= 0.3 is 5.82 Å². The van der Waals surface area contributed by atoms with Crippen molar-refractivity contribution in [2.75, 3.05) is 0 Å². The molecule has 0 aliphatic carbocycles. The highest BCUT2D eigenvalue weighted by atomic mass is 16.6. The van der Waals surface area contributed by atoms with Crippen molar-refractivity contribution >= 4 is 5.82 Å². The summed E-state index contributed by atoms with van der Waals surface area (Å²) in [4.78, 5) is 14.2. The lowest BCUT2D eigenvalue weighted by atomic mass is 10.2. The third-order valence-electron chi connectivity index (χ3n) is 2.99. The van der Waals surface area contributed by atoms with E-state index in [1.54, 1.807) is 13.0 Å². The first-order chi connectivity index (χ1) is 11.1. The molecule has 0 bridgehead atoms. The molecule has 116 valence electrons. The van der Waals surface area contributed by atoms with E-state index in [4.69, 9.17) is 9.15 Å². The van der Waals surface area contributed by atoms with E-state index in [9.17, 15) is 10.1 Å². The minimum Gasteiger partial charge on any atom is -0.476 e. The lowest BCUT2D eigenvalue weighted by Gasteiger charge is -2.03. The zero-order valence-electron chi connectivity index (χ0n) is 12.2. The Morgan fingerprint density at radius 1 is 1.17 bits per heavy atom. The molecule has 0 aliphatic rings. The third kappa shape index (κ3) is 3.31. The summed E-state index contributed by atoms with van der Waals surface area (Å²) in [5.41, 5.74) is 1.32. The van der Waals surface area contributed by atoms with Crippen LogP contribution in [0, 0.1) is 17.0 Å². The molecule has 0 atom stereocenters. The Bertz CT molecular complexity index is 833. The molecule has 3 aromatic rings. The Kier molecular flexibility index (Phi) is 3.96. The molecule has 0 radical (unpaired) electrons. The molecule has 0 fully saturated rings. The number of aryl methyl sites for hydroxylation is 1. The van der Waals surface area contributed by atoms with Crippen molar-refractivity contribution in [1.82, 2.24) is 15.2 Å². The van der Waals surface area contributed by atoms with Gasteiger partial charge in [0.1, 0.15) is 5.69 Å². The van der Waals surface area contributed by atoms with Gasteiger partial charge in [0.2, 0.25) is 11.6 Å². The van der Waals surface area contributed by atoms with Crippen molar-refractivity contribution in [1.29, 1.82) is 0 Å². The van der Waals surface area contributed by atoms with Gasteiger partial charge in [-0.1, -0.05) is 18.2 Å². The van der Waals surface area contributed by atoms with Crippen molar-refractivity contribution < 1.29 is 14.1 Å². The predicted octanol–water partition coefficient (Wildman–Crippen LogP) is 2.93. The van der Waals surface area contributed by atoms with Gasteiger partial charge in [-0.05, 0) is 34.2 Å². The maximum absolute atomic E-state index is 11.0. The van der Waals surface area contributed by atoms with Crippen molar-refractivity contribution in [3.63, 3.8) is 0 Å². The second kappa shape index (κ2) is 6.22. The Morgan fingerprint density at radius 2 is 1.96 bits per heavy atom. The second-order valence-corrected chi connectivity index (χ2v) is 4.69. The van der Waals surface area contributed by atoms with Crippen LogP contribution in [0.25, 0.3) is 11.5 Å². The molecular weight excluding hydrogens is 300 g/mol. The van der Waals surface area contributed by atoms with Crippen molar-refractivity contribution in [3.8, 4) is 17.2 Å². The molecule has 0 amide bonds. The highest BCUT2D eigenvalue weighted by Crippen LogP contribution is 2.25. The highest BCUT2D eigenvalue weighted by Gasteiger charge is 2.18. The number of nitrogens with zero attached hydrogens (tertiary/aromatic N) is 4. The number of pyridine rings is 1. The molecule has 0 unspecified atom stereocenters. The fourth-order valence-corrected chi connectivity index (χ4v) is 1.92. The average molecular weight is 312 g/mol. The number of rotatable bonds is 5. The van der Waals surface area contributed by atoms with Gasteiger partial charge in [0.25, 0.3) is 5.89 Å². The lowest BCUT2D eigenvalue weighted by molar-refractivity contribution is -0.390. The van der Waals surface area contributed by atoms with E-state index in [0.29, 0.717) is 11.6 Å². The van der Waals surface area contributed by atoms with E-state index in [2.05, 4.69) is 15.2 Å². The van der Waals surface area contributed by atoms with Crippen LogP contribution < -0.4 is 4.74 Å². The van der Waals surface area contributed by atoms with Crippen LogP contribution in [0.3, 0.4) is 0 Å². The molecule has 3 rings (SSSR count). The normalized spacial score (nSPS) is 10.5. The summed E-state index contributed by atoms with van der Waals surface area (Å²) < 4.78 is 10.9. The van der Waals surface area contributed by atoms with Gasteiger partial charge in [0.05, 0.1) is 0 Å². The lowest BCUT2D eigenvalue weighted by Crippen LogP contribution is -2.02. The fourth-order valence-electron chi connectivity index (χ4n) is 1.92. The zero-order valence-corrected chi connectivity index (χ0v) is 12.2. The van der Waals surface area contributed by atoms with Gasteiger partial charge in [-0.25, -0.2) is 0 Å². The van der Waals surface area contributed by atoms with Crippen molar-refractivity contribution in [3.05, 3.63) is 64.2 Å². The Labute approximate surface area is 130 Å². The Hall–Kier alpha value is -3.29. The van der Waals surface area contributed by atoms with Gasteiger partial charge in [0.15, 0.2) is 6.61 Å². The topological polar surface area (TPSA) is 104 Å². The van der Waals surface area contributed by atoms with Gasteiger partial charge in [0, 0.05) is 12.5 Å². The molecule has 2 aromatic heterocycles. The number of hydrogen-bond donors (Lipinski definition) is 0. The van der Waals surface area contributed by atoms with Gasteiger partial charge in [-0.2, -0.15) is 0 Å². The molecular formula is C15H12N4O4. The number of aromatic nitrogens is 3. The van der Waals surface area contributed by atoms with E-state index in [1.807, 2.05) is 30.3 Å². The van der Waals surface area contributed by atoms with Gasteiger partial charge < -0.3 is 19.3 Å². The summed E-state index contributed by atoms with van der Waals surface area (Å²) in [6.07, 6.45) is 0. The second-order valence-electron chi connectivity index (χ2n) is 4.69. The van der Waals surface area contributed by atoms with E-state index >= 15 is 0 Å². The van der Waals surface area contributed by atoms with E-state index < -0.39 is 4.92 Å². The summed E-state index contributed by atoms with van der Waals surface area (Å²) in [7, 11) is 0. The van der Waals surface area contributed by atoms with Crippen LogP contribution in [-0.4, -0.2) is 20.1 Å². The first kappa shape index (κ1) is 14.6.